The quantitative estimate of drug-likeness (QED) is 0.659. The molecule has 0 N–H and O–H groups in total. The topological polar surface area (TPSA) is 34.6 Å². The van der Waals surface area contributed by atoms with Gasteiger partial charge in [0.15, 0.2) is 5.79 Å². The Labute approximate surface area is 166 Å². The Kier molecular flexibility index (Phi) is 4.63. The highest BCUT2D eigenvalue weighted by Crippen LogP contribution is 2.37. The molecule has 2 aromatic carbocycles. The van der Waals surface area contributed by atoms with Gasteiger partial charge >= 0.3 is 0 Å². The number of likely N-dealkylation sites (tertiary alicyclic amines) is 1. The summed E-state index contributed by atoms with van der Waals surface area (Å²) in [5, 5.41) is 1.24. The molecule has 2 saturated heterocycles. The third kappa shape index (κ3) is 3.22. The van der Waals surface area contributed by atoms with E-state index in [1.54, 1.807) is 0 Å². The molecule has 2 aliphatic rings. The molecule has 0 bridgehead atoms. The lowest BCUT2D eigenvalue weighted by molar-refractivity contribution is -0.187. The molecule has 0 radical (unpaired) electrons. The molecule has 1 atom stereocenters. The summed E-state index contributed by atoms with van der Waals surface area (Å²) < 4.78 is 11.8. The molecule has 1 aromatic heterocycles. The maximum atomic E-state index is 5.90. The third-order valence-corrected chi connectivity index (χ3v) is 6.19. The van der Waals surface area contributed by atoms with Gasteiger partial charge in [0.1, 0.15) is 0 Å². The van der Waals surface area contributed by atoms with E-state index in [1.807, 2.05) is 6.07 Å². The van der Waals surface area contributed by atoms with Gasteiger partial charge in [0.05, 0.1) is 24.4 Å². The van der Waals surface area contributed by atoms with Gasteiger partial charge in [0.2, 0.25) is 0 Å². The molecule has 5 rings (SSSR count). The molecule has 2 fully saturated rings. The van der Waals surface area contributed by atoms with Crippen LogP contribution >= 0.6 is 0 Å². The van der Waals surface area contributed by atoms with E-state index >= 15 is 0 Å². The van der Waals surface area contributed by atoms with Gasteiger partial charge in [-0.25, -0.2) is 4.98 Å². The first-order chi connectivity index (χ1) is 13.7. The molecule has 144 valence electrons. The van der Waals surface area contributed by atoms with Crippen molar-refractivity contribution in [3.05, 3.63) is 66.2 Å². The summed E-state index contributed by atoms with van der Waals surface area (Å²) in [5.41, 5.74) is 4.60. The predicted molar refractivity (Wildman–Crippen MR) is 111 cm³/mol. The number of hydrogen-bond donors (Lipinski definition) is 0. The number of fused-ring (bicyclic) bond motifs is 1. The molecule has 3 heterocycles. The van der Waals surface area contributed by atoms with E-state index < -0.39 is 0 Å². The van der Waals surface area contributed by atoms with Crippen LogP contribution in [0.5, 0.6) is 0 Å². The second kappa shape index (κ2) is 7.28. The molecule has 4 nitrogen and oxygen atoms in total. The van der Waals surface area contributed by atoms with Crippen LogP contribution in [0.1, 0.15) is 31.4 Å². The fourth-order valence-corrected chi connectivity index (χ4v) is 4.54. The van der Waals surface area contributed by atoms with Crippen molar-refractivity contribution >= 4 is 10.9 Å². The number of benzene rings is 2. The van der Waals surface area contributed by atoms with E-state index in [0.717, 1.165) is 55.9 Å². The van der Waals surface area contributed by atoms with E-state index in [1.165, 1.54) is 10.9 Å². The SMILES string of the molecule is CC(c1cc(-c2ccccc2)nc2ccccc12)N1CCC2(CC1)OCCO2. The summed E-state index contributed by atoms with van der Waals surface area (Å²) in [6.07, 6.45) is 1.87. The maximum absolute atomic E-state index is 5.90. The minimum absolute atomic E-state index is 0.314. The Bertz CT molecular complexity index is 957. The lowest BCUT2D eigenvalue weighted by atomic mass is 9.95. The average molecular weight is 374 g/mol. The highest BCUT2D eigenvalue weighted by atomic mass is 16.7. The van der Waals surface area contributed by atoms with Crippen molar-refractivity contribution in [3.8, 4) is 11.3 Å². The number of piperidine rings is 1. The lowest BCUT2D eigenvalue weighted by Crippen LogP contribution is -2.45. The Hall–Kier alpha value is -2.27. The van der Waals surface area contributed by atoms with Crippen molar-refractivity contribution < 1.29 is 9.47 Å². The van der Waals surface area contributed by atoms with E-state index in [9.17, 15) is 0 Å². The lowest BCUT2D eigenvalue weighted by Gasteiger charge is -2.40. The molecule has 1 spiro atoms. The molecule has 28 heavy (non-hydrogen) atoms. The zero-order valence-electron chi connectivity index (χ0n) is 16.3. The minimum Gasteiger partial charge on any atom is -0.347 e. The monoisotopic (exact) mass is 374 g/mol. The van der Waals surface area contributed by atoms with Crippen LogP contribution in [0, 0.1) is 0 Å². The summed E-state index contributed by atoms with van der Waals surface area (Å²) >= 11 is 0. The Morgan fingerprint density at radius 3 is 2.36 bits per heavy atom. The maximum Gasteiger partial charge on any atom is 0.170 e. The first kappa shape index (κ1) is 17.8. The molecule has 0 amide bonds. The van der Waals surface area contributed by atoms with Gasteiger partial charge in [-0.1, -0.05) is 48.5 Å². The molecular formula is C24H26N2O2. The summed E-state index contributed by atoms with van der Waals surface area (Å²) in [4.78, 5) is 7.48. The van der Waals surface area contributed by atoms with Crippen LogP contribution in [-0.2, 0) is 9.47 Å². The van der Waals surface area contributed by atoms with E-state index in [0.29, 0.717) is 6.04 Å². The first-order valence-corrected chi connectivity index (χ1v) is 10.2. The molecule has 3 aromatic rings. The molecule has 0 aliphatic carbocycles. The van der Waals surface area contributed by atoms with E-state index in [2.05, 4.69) is 66.4 Å². The Morgan fingerprint density at radius 1 is 0.929 bits per heavy atom. The van der Waals surface area contributed by atoms with Gasteiger partial charge < -0.3 is 9.47 Å². The molecule has 1 unspecified atom stereocenters. The van der Waals surface area contributed by atoms with Crippen LogP contribution in [0.25, 0.3) is 22.2 Å². The fraction of sp³-hybridized carbons (Fsp3) is 0.375. The Morgan fingerprint density at radius 2 is 1.61 bits per heavy atom. The highest BCUT2D eigenvalue weighted by Gasteiger charge is 2.40. The second-order valence-corrected chi connectivity index (χ2v) is 7.80. The number of aromatic nitrogens is 1. The van der Waals surface area contributed by atoms with Crippen molar-refractivity contribution in [3.63, 3.8) is 0 Å². The van der Waals surface area contributed by atoms with Crippen LogP contribution in [0.3, 0.4) is 0 Å². The number of ether oxygens (including phenoxy) is 2. The standard InChI is InChI=1S/C24H26N2O2/c1-18(26-13-11-24(12-14-26)27-15-16-28-24)21-17-23(19-7-3-2-4-8-19)25-22-10-6-5-9-20(21)22/h2-10,17-18H,11-16H2,1H3. The average Bonchev–Trinajstić information content (AvgIpc) is 3.21. The van der Waals surface area contributed by atoms with E-state index in [4.69, 9.17) is 14.5 Å². The van der Waals surface area contributed by atoms with Gasteiger partial charge in [0.25, 0.3) is 0 Å². The van der Waals surface area contributed by atoms with Gasteiger partial charge in [-0.05, 0) is 24.6 Å². The van der Waals surface area contributed by atoms with Gasteiger partial charge in [-0.3, -0.25) is 4.90 Å². The third-order valence-electron chi connectivity index (χ3n) is 6.19. The summed E-state index contributed by atoms with van der Waals surface area (Å²) in [6.45, 7) is 5.73. The van der Waals surface area contributed by atoms with Crippen molar-refractivity contribution in [2.45, 2.75) is 31.6 Å². The number of pyridine rings is 1. The molecule has 2 aliphatic heterocycles. The minimum atomic E-state index is -0.328. The second-order valence-electron chi connectivity index (χ2n) is 7.80. The Balaban J connectivity index is 1.49. The summed E-state index contributed by atoms with van der Waals surface area (Å²) in [6, 6.07) is 21.5. The van der Waals surface area contributed by atoms with Crippen LogP contribution in [-0.4, -0.2) is 42.0 Å². The van der Waals surface area contributed by atoms with Crippen molar-refractivity contribution in [2.75, 3.05) is 26.3 Å². The number of para-hydroxylation sites is 1. The fourth-order valence-electron chi connectivity index (χ4n) is 4.54. The van der Waals surface area contributed by atoms with Gasteiger partial charge in [-0.15, -0.1) is 0 Å². The van der Waals surface area contributed by atoms with E-state index in [-0.39, 0.29) is 5.79 Å². The zero-order valence-corrected chi connectivity index (χ0v) is 16.3. The largest absolute Gasteiger partial charge is 0.347 e. The van der Waals surface area contributed by atoms with Crippen molar-refractivity contribution in [2.24, 2.45) is 0 Å². The summed E-state index contributed by atoms with van der Waals surface area (Å²) in [7, 11) is 0. The van der Waals surface area contributed by atoms with Crippen LogP contribution in [0.15, 0.2) is 60.7 Å². The van der Waals surface area contributed by atoms with Gasteiger partial charge in [-0.2, -0.15) is 0 Å². The van der Waals surface area contributed by atoms with Crippen molar-refractivity contribution in [1.82, 2.24) is 9.88 Å². The molecular weight excluding hydrogens is 348 g/mol. The first-order valence-electron chi connectivity index (χ1n) is 10.2. The zero-order chi connectivity index (χ0) is 19.0. The van der Waals surface area contributed by atoms with Crippen molar-refractivity contribution in [1.29, 1.82) is 0 Å². The molecule has 4 heteroatoms. The predicted octanol–water partition coefficient (Wildman–Crippen LogP) is 4.80. The highest BCUT2D eigenvalue weighted by molar-refractivity contribution is 5.85. The molecule has 0 saturated carbocycles. The summed E-state index contributed by atoms with van der Waals surface area (Å²) in [5.74, 6) is -0.328. The van der Waals surface area contributed by atoms with Crippen LogP contribution in [0.4, 0.5) is 0 Å². The smallest absolute Gasteiger partial charge is 0.170 e. The normalized spacial score (nSPS) is 20.6. The number of nitrogens with zero attached hydrogens (tertiary/aromatic N) is 2. The van der Waals surface area contributed by atoms with Gasteiger partial charge in [0, 0.05) is 42.9 Å². The number of rotatable bonds is 3. The van der Waals surface area contributed by atoms with Crippen LogP contribution in [0.2, 0.25) is 0 Å². The number of hydrogen-bond acceptors (Lipinski definition) is 4. The van der Waals surface area contributed by atoms with Crippen LogP contribution < -0.4 is 0 Å².